The van der Waals surface area contributed by atoms with E-state index in [1.807, 2.05) is 24.1 Å². The first-order valence-corrected chi connectivity index (χ1v) is 8.38. The minimum absolute atomic E-state index is 0.319. The summed E-state index contributed by atoms with van der Waals surface area (Å²) in [7, 11) is 4.04. The zero-order valence-electron chi connectivity index (χ0n) is 14.3. The van der Waals surface area contributed by atoms with Crippen LogP contribution < -0.4 is 4.90 Å². The molecule has 2 aromatic rings. The number of hydrogen-bond acceptors (Lipinski definition) is 5. The fraction of sp³-hybridized carbons (Fsp3) is 0.500. The van der Waals surface area contributed by atoms with Crippen molar-refractivity contribution in [3.8, 4) is 0 Å². The molecular weight excluding hydrogens is 307 g/mol. The van der Waals surface area contributed by atoms with Crippen molar-refractivity contribution in [2.75, 3.05) is 58.3 Å². The lowest BCUT2D eigenvalue weighted by molar-refractivity contribution is 0.0843. The van der Waals surface area contributed by atoms with Crippen molar-refractivity contribution in [1.29, 1.82) is 0 Å². The third-order valence-electron chi connectivity index (χ3n) is 4.66. The van der Waals surface area contributed by atoms with Crippen LogP contribution in [0.15, 0.2) is 30.5 Å². The monoisotopic (exact) mass is 332 g/mol. The lowest BCUT2D eigenvalue weighted by Gasteiger charge is -2.34. The summed E-state index contributed by atoms with van der Waals surface area (Å²) in [6.45, 7) is 5.21. The average molecular weight is 332 g/mol. The Kier molecular flexibility index (Phi) is 5.28. The number of piperazine rings is 1. The Labute approximate surface area is 142 Å². The number of nitrogens with zero attached hydrogens (tertiary/aromatic N) is 4. The molecule has 5 nitrogen and oxygen atoms in total. The minimum Gasteiger partial charge on any atom is -0.390 e. The molecule has 0 aliphatic carbocycles. The fourth-order valence-corrected chi connectivity index (χ4v) is 3.26. The smallest absolute Gasteiger partial charge is 0.149 e. The average Bonchev–Trinajstić information content (AvgIpc) is 2.57. The summed E-state index contributed by atoms with van der Waals surface area (Å²) in [4.78, 5) is 10.7. The van der Waals surface area contributed by atoms with E-state index in [0.29, 0.717) is 18.6 Å². The van der Waals surface area contributed by atoms with Crippen molar-refractivity contribution in [2.45, 2.75) is 6.10 Å². The van der Waals surface area contributed by atoms with E-state index < -0.39 is 6.10 Å². The Bertz CT molecular complexity index is 688. The maximum atomic E-state index is 13.9. The summed E-state index contributed by atoms with van der Waals surface area (Å²) in [6, 6.07) is 6.84. The normalized spacial score (nSPS) is 18.0. The van der Waals surface area contributed by atoms with Crippen LogP contribution in [0.25, 0.3) is 10.9 Å². The van der Waals surface area contributed by atoms with E-state index in [0.717, 1.165) is 37.3 Å². The largest absolute Gasteiger partial charge is 0.390 e. The van der Waals surface area contributed by atoms with E-state index in [-0.39, 0.29) is 5.82 Å². The second-order valence-electron chi connectivity index (χ2n) is 6.60. The summed E-state index contributed by atoms with van der Waals surface area (Å²) >= 11 is 0. The van der Waals surface area contributed by atoms with Crippen LogP contribution in [0, 0.1) is 5.82 Å². The molecule has 1 atom stereocenters. The Morgan fingerprint density at radius 2 is 2.00 bits per heavy atom. The van der Waals surface area contributed by atoms with E-state index in [1.165, 1.54) is 6.07 Å². The van der Waals surface area contributed by atoms with Gasteiger partial charge in [-0.05, 0) is 19.2 Å². The second-order valence-corrected chi connectivity index (χ2v) is 6.60. The quantitative estimate of drug-likeness (QED) is 0.897. The van der Waals surface area contributed by atoms with Crippen LogP contribution in [0.5, 0.6) is 0 Å². The van der Waals surface area contributed by atoms with E-state index >= 15 is 0 Å². The van der Waals surface area contributed by atoms with Gasteiger partial charge in [-0.25, -0.2) is 4.39 Å². The van der Waals surface area contributed by atoms with Crippen molar-refractivity contribution in [3.63, 3.8) is 0 Å². The summed E-state index contributed by atoms with van der Waals surface area (Å²) in [5.74, 6) is -0.319. The first-order valence-electron chi connectivity index (χ1n) is 8.38. The van der Waals surface area contributed by atoms with Gasteiger partial charge in [0.25, 0.3) is 0 Å². The van der Waals surface area contributed by atoms with Crippen LogP contribution in [0.2, 0.25) is 0 Å². The van der Waals surface area contributed by atoms with Gasteiger partial charge in [0.15, 0.2) is 0 Å². The number of rotatable bonds is 5. The van der Waals surface area contributed by atoms with Crippen LogP contribution >= 0.6 is 0 Å². The Balaban J connectivity index is 1.66. The Morgan fingerprint density at radius 1 is 1.25 bits per heavy atom. The zero-order chi connectivity index (χ0) is 17.1. The number of fused-ring (bicyclic) bond motifs is 1. The number of aliphatic hydroxyl groups excluding tert-OH is 1. The van der Waals surface area contributed by atoms with Crippen molar-refractivity contribution in [3.05, 3.63) is 36.3 Å². The van der Waals surface area contributed by atoms with Gasteiger partial charge in [0.1, 0.15) is 11.3 Å². The minimum atomic E-state index is -0.449. The molecule has 1 aliphatic heterocycles. The van der Waals surface area contributed by atoms with E-state index in [9.17, 15) is 9.50 Å². The zero-order valence-corrected chi connectivity index (χ0v) is 14.3. The number of benzene rings is 1. The molecule has 24 heavy (non-hydrogen) atoms. The molecule has 1 N–H and O–H groups in total. The number of aliphatic hydroxyl groups is 1. The molecule has 2 heterocycles. The third-order valence-corrected chi connectivity index (χ3v) is 4.66. The Hall–Kier alpha value is -1.76. The van der Waals surface area contributed by atoms with Crippen LogP contribution in [0.1, 0.15) is 0 Å². The topological polar surface area (TPSA) is 42.8 Å². The molecule has 3 rings (SSSR count). The highest BCUT2D eigenvalue weighted by Crippen LogP contribution is 2.26. The number of likely N-dealkylation sites (N-methyl/N-ethyl adjacent to an activating group) is 2. The van der Waals surface area contributed by atoms with Gasteiger partial charge in [-0.1, -0.05) is 12.1 Å². The molecule has 6 heteroatoms. The van der Waals surface area contributed by atoms with Crippen molar-refractivity contribution in [1.82, 2.24) is 14.8 Å². The van der Waals surface area contributed by atoms with Crippen LogP contribution in [-0.2, 0) is 0 Å². The summed E-state index contributed by atoms with van der Waals surface area (Å²) in [6.07, 6.45) is 1.17. The van der Waals surface area contributed by atoms with Crippen molar-refractivity contribution >= 4 is 16.6 Å². The first-order chi connectivity index (χ1) is 11.5. The molecule has 0 spiro atoms. The molecule has 0 amide bonds. The highest BCUT2D eigenvalue weighted by Gasteiger charge is 2.19. The molecule has 0 saturated carbocycles. The van der Waals surface area contributed by atoms with Crippen LogP contribution in [-0.4, -0.2) is 79.4 Å². The van der Waals surface area contributed by atoms with Gasteiger partial charge in [0.2, 0.25) is 0 Å². The summed E-state index contributed by atoms with van der Waals surface area (Å²) < 4.78 is 13.9. The van der Waals surface area contributed by atoms with Gasteiger partial charge in [0, 0.05) is 63.6 Å². The highest BCUT2D eigenvalue weighted by molar-refractivity contribution is 5.91. The van der Waals surface area contributed by atoms with Crippen LogP contribution in [0.3, 0.4) is 0 Å². The molecule has 1 aliphatic rings. The maximum absolute atomic E-state index is 13.9. The second kappa shape index (κ2) is 7.42. The molecule has 1 fully saturated rings. The number of β-amino-alcohol motifs (C(OH)–C–C–N with tert-alkyl or cyclic N) is 1. The SMILES string of the molecule is CN1CCN(C[C@@H](O)CN(C)c2ccnc3c(F)cccc23)CC1. The lowest BCUT2D eigenvalue weighted by atomic mass is 10.1. The van der Waals surface area contributed by atoms with E-state index in [4.69, 9.17) is 0 Å². The van der Waals surface area contributed by atoms with Gasteiger partial charge in [-0.2, -0.15) is 0 Å². The number of para-hydroxylation sites is 1. The van der Waals surface area contributed by atoms with Gasteiger partial charge >= 0.3 is 0 Å². The molecule has 0 bridgehead atoms. The number of anilines is 1. The molecule has 1 aromatic carbocycles. The van der Waals surface area contributed by atoms with Gasteiger partial charge in [0.05, 0.1) is 6.10 Å². The van der Waals surface area contributed by atoms with Crippen molar-refractivity contribution in [2.24, 2.45) is 0 Å². The predicted octanol–water partition coefficient (Wildman–Crippen LogP) is 1.42. The number of halogens is 1. The maximum Gasteiger partial charge on any atom is 0.149 e. The highest BCUT2D eigenvalue weighted by atomic mass is 19.1. The molecule has 0 unspecified atom stereocenters. The molecule has 1 aromatic heterocycles. The third kappa shape index (κ3) is 3.83. The molecular formula is C18H25FN4O. The van der Waals surface area contributed by atoms with E-state index in [2.05, 4.69) is 21.8 Å². The summed E-state index contributed by atoms with van der Waals surface area (Å²) in [5, 5.41) is 11.2. The fourth-order valence-electron chi connectivity index (χ4n) is 3.26. The van der Waals surface area contributed by atoms with E-state index in [1.54, 1.807) is 12.3 Å². The molecule has 0 radical (unpaired) electrons. The summed E-state index contributed by atoms with van der Waals surface area (Å²) in [5.41, 5.74) is 1.26. The molecule has 1 saturated heterocycles. The van der Waals surface area contributed by atoms with Gasteiger partial charge in [-0.15, -0.1) is 0 Å². The lowest BCUT2D eigenvalue weighted by Crippen LogP contribution is -2.48. The predicted molar refractivity (Wildman–Crippen MR) is 94.9 cm³/mol. The Morgan fingerprint density at radius 3 is 2.75 bits per heavy atom. The van der Waals surface area contributed by atoms with Gasteiger partial charge < -0.3 is 14.9 Å². The van der Waals surface area contributed by atoms with Gasteiger partial charge in [-0.3, -0.25) is 9.88 Å². The van der Waals surface area contributed by atoms with Crippen LogP contribution in [0.4, 0.5) is 10.1 Å². The standard InChI is InChI=1S/C18H25FN4O/c1-21-8-10-23(11-9-21)13-14(24)12-22(2)17-6-7-20-18-15(17)4-3-5-16(18)19/h3-7,14,24H,8-13H2,1-2H3/t14-/m0/s1. The first kappa shape index (κ1) is 17.1. The van der Waals surface area contributed by atoms with Crippen molar-refractivity contribution < 1.29 is 9.50 Å². The number of pyridine rings is 1. The number of aromatic nitrogens is 1. The molecule has 130 valence electrons. The number of hydrogen-bond donors (Lipinski definition) is 1.